The van der Waals surface area contributed by atoms with Crippen LogP contribution in [0.2, 0.25) is 0 Å². The van der Waals surface area contributed by atoms with Crippen LogP contribution in [0.1, 0.15) is 37.6 Å². The van der Waals surface area contributed by atoms with Gasteiger partial charge in [0, 0.05) is 15.1 Å². The molecule has 0 N–H and O–H groups in total. The number of ether oxygens (including phenoxy) is 1. The number of imide groups is 1. The minimum absolute atomic E-state index is 0.127. The Morgan fingerprint density at radius 1 is 1.07 bits per heavy atom. The Morgan fingerprint density at radius 3 is 2.17 bits per heavy atom. The van der Waals surface area contributed by atoms with Gasteiger partial charge >= 0.3 is 5.97 Å². The second-order valence-electron chi connectivity index (χ2n) is 9.32. The quantitative estimate of drug-likeness (QED) is 0.330. The summed E-state index contributed by atoms with van der Waals surface area (Å²) in [5.74, 6) is -1.63. The summed E-state index contributed by atoms with van der Waals surface area (Å²) in [4.78, 5) is 52.3. The molecule has 6 atom stereocenters. The van der Waals surface area contributed by atoms with E-state index in [4.69, 9.17) is 4.74 Å². The molecule has 160 valence electrons. The zero-order valence-electron chi connectivity index (χ0n) is 16.9. The standard InChI is InChI=1S/C22H23Br2NO5/c1-22(2,3)14(26)9-30-21(29)10-5-4-6-11(7-10)25-19(27)15-12-8-13(16(15)20(25)28)18(24)17(12)23/h4-7,12-13,15-18H,8-9H2,1-3H3/t12-,13+,15-,16+,17-,18+. The van der Waals surface area contributed by atoms with Crippen molar-refractivity contribution in [2.45, 2.75) is 36.8 Å². The van der Waals surface area contributed by atoms with Gasteiger partial charge in [0.15, 0.2) is 12.4 Å². The lowest BCUT2D eigenvalue weighted by Gasteiger charge is -2.28. The highest BCUT2D eigenvalue weighted by Gasteiger charge is 2.66. The SMILES string of the molecule is CC(C)(C)C(=O)COC(=O)c1cccc(N2C(=O)[C@@H]3[C@H]4C[C@H]([C@H](Br)[C@@H]4Br)[C@@H]3C2=O)c1. The van der Waals surface area contributed by atoms with Gasteiger partial charge in [-0.3, -0.25) is 19.3 Å². The predicted molar refractivity (Wildman–Crippen MR) is 118 cm³/mol. The molecule has 0 radical (unpaired) electrons. The van der Waals surface area contributed by atoms with E-state index in [1.165, 1.54) is 11.0 Å². The number of alkyl halides is 2. The maximum Gasteiger partial charge on any atom is 0.338 e. The Labute approximate surface area is 192 Å². The summed E-state index contributed by atoms with van der Waals surface area (Å²) in [5, 5.41) is 0. The van der Waals surface area contributed by atoms with Crippen molar-refractivity contribution in [2.75, 3.05) is 11.5 Å². The number of nitrogens with zero attached hydrogens (tertiary/aromatic N) is 1. The van der Waals surface area contributed by atoms with Crippen LogP contribution in [0.15, 0.2) is 24.3 Å². The first-order valence-corrected chi connectivity index (χ1v) is 11.8. The average Bonchev–Trinajstić information content (AvgIpc) is 3.30. The number of fused-ring (bicyclic) bond motifs is 5. The molecule has 2 bridgehead atoms. The van der Waals surface area contributed by atoms with Crippen LogP contribution in [0.5, 0.6) is 0 Å². The number of Topliss-reactive ketones (excluding diaryl/α,β-unsaturated/α-hetero) is 1. The molecule has 0 spiro atoms. The van der Waals surface area contributed by atoms with Crippen molar-refractivity contribution < 1.29 is 23.9 Å². The number of benzene rings is 1. The molecule has 0 aromatic heterocycles. The van der Waals surface area contributed by atoms with Gasteiger partial charge in [-0.25, -0.2) is 4.79 Å². The van der Waals surface area contributed by atoms with Crippen molar-refractivity contribution in [3.8, 4) is 0 Å². The lowest BCUT2D eigenvalue weighted by atomic mass is 9.81. The fourth-order valence-corrected chi connectivity index (χ4v) is 6.68. The Kier molecular flexibility index (Phi) is 5.46. The van der Waals surface area contributed by atoms with E-state index < -0.39 is 11.4 Å². The van der Waals surface area contributed by atoms with Gasteiger partial charge < -0.3 is 4.74 Å². The zero-order chi connectivity index (χ0) is 22.0. The first-order valence-electron chi connectivity index (χ1n) is 9.99. The van der Waals surface area contributed by atoms with Crippen LogP contribution in [0, 0.1) is 29.1 Å². The van der Waals surface area contributed by atoms with E-state index >= 15 is 0 Å². The Morgan fingerprint density at radius 2 is 1.63 bits per heavy atom. The minimum Gasteiger partial charge on any atom is -0.454 e. The van der Waals surface area contributed by atoms with Crippen molar-refractivity contribution in [2.24, 2.45) is 29.1 Å². The molecule has 3 aliphatic rings. The molecule has 0 unspecified atom stereocenters. The number of carbonyl (C=O) groups is 4. The Balaban J connectivity index is 1.53. The lowest BCUT2D eigenvalue weighted by molar-refractivity contribution is -0.129. The van der Waals surface area contributed by atoms with E-state index in [9.17, 15) is 19.2 Å². The normalized spacial score (nSPS) is 32.5. The predicted octanol–water partition coefficient (Wildman–Crippen LogP) is 3.74. The maximum atomic E-state index is 13.2. The summed E-state index contributed by atoms with van der Waals surface area (Å²) >= 11 is 7.35. The summed E-state index contributed by atoms with van der Waals surface area (Å²) < 4.78 is 5.15. The summed E-state index contributed by atoms with van der Waals surface area (Å²) in [5.41, 5.74) is -0.0342. The number of rotatable bonds is 4. The van der Waals surface area contributed by atoms with Crippen molar-refractivity contribution in [3.05, 3.63) is 29.8 Å². The molecule has 8 heteroatoms. The number of carbonyl (C=O) groups excluding carboxylic acids is 4. The monoisotopic (exact) mass is 539 g/mol. The number of ketones is 1. The van der Waals surface area contributed by atoms with Crippen LogP contribution in [-0.4, -0.2) is 39.8 Å². The van der Waals surface area contributed by atoms with E-state index in [0.29, 0.717) is 5.69 Å². The summed E-state index contributed by atoms with van der Waals surface area (Å²) in [6, 6.07) is 6.29. The topological polar surface area (TPSA) is 80.8 Å². The van der Waals surface area contributed by atoms with Crippen LogP contribution in [-0.2, 0) is 19.1 Å². The smallest absolute Gasteiger partial charge is 0.338 e. The number of anilines is 1. The van der Waals surface area contributed by atoms with Crippen LogP contribution >= 0.6 is 31.9 Å². The van der Waals surface area contributed by atoms with Crippen molar-refractivity contribution in [1.29, 1.82) is 0 Å². The molecular weight excluding hydrogens is 518 g/mol. The molecule has 30 heavy (non-hydrogen) atoms. The molecule has 2 saturated carbocycles. The lowest BCUT2D eigenvalue weighted by Crippen LogP contribution is -2.37. The largest absolute Gasteiger partial charge is 0.454 e. The van der Waals surface area contributed by atoms with Crippen molar-refractivity contribution in [3.63, 3.8) is 0 Å². The molecule has 1 heterocycles. The van der Waals surface area contributed by atoms with Crippen LogP contribution < -0.4 is 4.90 Å². The first kappa shape index (κ1) is 21.7. The van der Waals surface area contributed by atoms with Gasteiger partial charge in [0.25, 0.3) is 0 Å². The third-order valence-electron chi connectivity index (χ3n) is 6.50. The Hall–Kier alpha value is -1.54. The third kappa shape index (κ3) is 3.36. The Bertz CT molecular complexity index is 908. The number of hydrogen-bond donors (Lipinski definition) is 0. The van der Waals surface area contributed by atoms with Crippen LogP contribution in [0.25, 0.3) is 0 Å². The zero-order valence-corrected chi connectivity index (χ0v) is 20.1. The molecular formula is C22H23Br2NO5. The van der Waals surface area contributed by atoms with Gasteiger partial charge in [-0.05, 0) is 36.5 Å². The highest BCUT2D eigenvalue weighted by atomic mass is 79.9. The molecule has 1 saturated heterocycles. The second-order valence-corrected chi connectivity index (χ2v) is 11.4. The fourth-order valence-electron chi connectivity index (χ4n) is 4.81. The molecule has 4 rings (SSSR count). The second kappa shape index (κ2) is 7.55. The molecule has 6 nitrogen and oxygen atoms in total. The van der Waals surface area contributed by atoms with E-state index in [2.05, 4.69) is 31.9 Å². The van der Waals surface area contributed by atoms with Crippen molar-refractivity contribution >= 4 is 61.1 Å². The summed E-state index contributed by atoms with van der Waals surface area (Å²) in [6.45, 7) is 4.95. The first-order chi connectivity index (χ1) is 14.0. The van der Waals surface area contributed by atoms with Gasteiger partial charge in [0.2, 0.25) is 11.8 Å². The summed E-state index contributed by atoms with van der Waals surface area (Å²) in [6.07, 6.45) is 0.862. The van der Waals surface area contributed by atoms with E-state index in [0.717, 1.165) is 6.42 Å². The minimum atomic E-state index is -0.658. The van der Waals surface area contributed by atoms with Gasteiger partial charge in [-0.2, -0.15) is 0 Å². The molecule has 3 fully saturated rings. The van der Waals surface area contributed by atoms with Crippen molar-refractivity contribution in [1.82, 2.24) is 0 Å². The van der Waals surface area contributed by atoms with E-state index in [1.54, 1.807) is 39.0 Å². The third-order valence-corrected chi connectivity index (χ3v) is 9.70. The van der Waals surface area contributed by atoms with Gasteiger partial charge in [-0.15, -0.1) is 0 Å². The number of amides is 2. The fraction of sp³-hybridized carbons (Fsp3) is 0.545. The van der Waals surface area contributed by atoms with Crippen LogP contribution in [0.4, 0.5) is 5.69 Å². The van der Waals surface area contributed by atoms with E-state index in [1.807, 2.05) is 0 Å². The van der Waals surface area contributed by atoms with Gasteiger partial charge in [0.1, 0.15) is 0 Å². The van der Waals surface area contributed by atoms with Gasteiger partial charge in [-0.1, -0.05) is 58.7 Å². The molecule has 1 aliphatic heterocycles. The number of hydrogen-bond acceptors (Lipinski definition) is 5. The highest BCUT2D eigenvalue weighted by molar-refractivity contribution is 9.12. The summed E-state index contributed by atoms with van der Waals surface area (Å²) in [7, 11) is 0. The number of esters is 1. The molecule has 2 amide bonds. The highest BCUT2D eigenvalue weighted by Crippen LogP contribution is 2.60. The molecule has 1 aromatic rings. The van der Waals surface area contributed by atoms with E-state index in [-0.39, 0.29) is 63.1 Å². The maximum absolute atomic E-state index is 13.2. The molecule has 2 aliphatic carbocycles. The van der Waals surface area contributed by atoms with Gasteiger partial charge in [0.05, 0.1) is 23.1 Å². The number of halogens is 2. The van der Waals surface area contributed by atoms with Crippen LogP contribution in [0.3, 0.4) is 0 Å². The average molecular weight is 541 g/mol. The molecule has 1 aromatic carbocycles.